The first-order chi connectivity index (χ1) is 7.91. The number of nitrogens with one attached hydrogen (secondary N) is 1. The van der Waals surface area contributed by atoms with Crippen LogP contribution in [0.5, 0.6) is 0 Å². The Bertz CT molecular complexity index is 318. The van der Waals surface area contributed by atoms with Gasteiger partial charge in [0.15, 0.2) is 0 Å². The van der Waals surface area contributed by atoms with Crippen molar-refractivity contribution in [1.82, 2.24) is 5.32 Å². The Morgan fingerprint density at radius 2 is 2.06 bits per heavy atom. The van der Waals surface area contributed by atoms with Crippen molar-refractivity contribution in [3.05, 3.63) is 0 Å². The summed E-state index contributed by atoms with van der Waals surface area (Å²) in [6.07, 6.45) is 4.14. The smallest absolute Gasteiger partial charge is 0.241 e. The summed E-state index contributed by atoms with van der Waals surface area (Å²) in [5, 5.41) is 3.06. The number of ether oxygens (including phenoxy) is 1. The molecule has 5 heteroatoms. The Hall–Kier alpha value is -0.320. The minimum Gasteiger partial charge on any atom is -0.378 e. The average molecular weight is 277 g/mol. The highest BCUT2D eigenvalue weighted by Gasteiger charge is 2.63. The first-order valence-electron chi connectivity index (χ1n) is 6.63. The molecule has 4 nitrogen and oxygen atoms in total. The van der Waals surface area contributed by atoms with Crippen molar-refractivity contribution >= 4 is 18.3 Å². The van der Waals surface area contributed by atoms with Gasteiger partial charge in [0, 0.05) is 24.5 Å². The molecule has 2 aliphatic rings. The quantitative estimate of drug-likeness (QED) is 0.820. The third-order valence-corrected chi connectivity index (χ3v) is 4.68. The van der Waals surface area contributed by atoms with Crippen LogP contribution in [0.3, 0.4) is 0 Å². The minimum absolute atomic E-state index is 0. The predicted molar refractivity (Wildman–Crippen MR) is 73.8 cm³/mol. The standard InChI is InChI=1S/C13H24N2O2.ClH/c1-4-17-10-8-13(14,12(10,2)3)11(16)15-9-6-5-7-9;/h9-10H,4-8,14H2,1-3H3,(H,15,16);1H. The summed E-state index contributed by atoms with van der Waals surface area (Å²) in [5.41, 5.74) is 5.24. The van der Waals surface area contributed by atoms with Crippen LogP contribution < -0.4 is 11.1 Å². The van der Waals surface area contributed by atoms with Gasteiger partial charge in [0.05, 0.1) is 6.10 Å². The topological polar surface area (TPSA) is 64.3 Å². The van der Waals surface area contributed by atoms with Crippen molar-refractivity contribution in [3.63, 3.8) is 0 Å². The highest BCUT2D eigenvalue weighted by molar-refractivity contribution is 5.89. The molecule has 0 aliphatic heterocycles. The Balaban J connectivity index is 0.00000162. The van der Waals surface area contributed by atoms with E-state index in [0.717, 1.165) is 12.8 Å². The largest absolute Gasteiger partial charge is 0.378 e. The number of hydrogen-bond acceptors (Lipinski definition) is 3. The molecule has 0 aromatic rings. The number of amides is 1. The van der Waals surface area contributed by atoms with Crippen molar-refractivity contribution in [2.24, 2.45) is 11.1 Å². The molecule has 0 radical (unpaired) electrons. The fourth-order valence-corrected chi connectivity index (χ4v) is 2.69. The summed E-state index contributed by atoms with van der Waals surface area (Å²) in [7, 11) is 0. The molecule has 0 spiro atoms. The normalized spacial score (nSPS) is 33.9. The summed E-state index contributed by atoms with van der Waals surface area (Å²) in [6, 6.07) is 0.352. The number of carbonyl (C=O) groups is 1. The van der Waals surface area contributed by atoms with Crippen molar-refractivity contribution < 1.29 is 9.53 Å². The molecule has 18 heavy (non-hydrogen) atoms. The second-order valence-electron chi connectivity index (χ2n) is 5.94. The molecule has 2 saturated carbocycles. The molecule has 2 atom stereocenters. The molecule has 2 aliphatic carbocycles. The average Bonchev–Trinajstić information content (AvgIpc) is 2.22. The van der Waals surface area contributed by atoms with Gasteiger partial charge >= 0.3 is 0 Å². The van der Waals surface area contributed by atoms with Crippen LogP contribution >= 0.6 is 12.4 Å². The third-order valence-electron chi connectivity index (χ3n) is 4.68. The zero-order valence-corrected chi connectivity index (χ0v) is 12.3. The first kappa shape index (κ1) is 15.7. The molecule has 1 amide bonds. The van der Waals surface area contributed by atoms with E-state index in [0.29, 0.717) is 19.1 Å². The van der Waals surface area contributed by atoms with E-state index in [1.807, 2.05) is 20.8 Å². The van der Waals surface area contributed by atoms with Gasteiger partial charge in [-0.15, -0.1) is 12.4 Å². The van der Waals surface area contributed by atoms with E-state index >= 15 is 0 Å². The van der Waals surface area contributed by atoms with E-state index in [1.165, 1.54) is 6.42 Å². The Morgan fingerprint density at radius 1 is 1.44 bits per heavy atom. The van der Waals surface area contributed by atoms with Crippen LogP contribution in [0.15, 0.2) is 0 Å². The van der Waals surface area contributed by atoms with Crippen molar-refractivity contribution in [2.75, 3.05) is 6.61 Å². The van der Waals surface area contributed by atoms with Gasteiger partial charge in [-0.1, -0.05) is 13.8 Å². The molecule has 0 aromatic carbocycles. The lowest BCUT2D eigenvalue weighted by Crippen LogP contribution is -2.76. The third kappa shape index (κ3) is 2.26. The van der Waals surface area contributed by atoms with Crippen molar-refractivity contribution in [1.29, 1.82) is 0 Å². The highest BCUT2D eigenvalue weighted by atomic mass is 35.5. The molecule has 0 saturated heterocycles. The maximum Gasteiger partial charge on any atom is 0.241 e. The molecule has 3 N–H and O–H groups in total. The van der Waals surface area contributed by atoms with E-state index in [4.69, 9.17) is 10.5 Å². The summed E-state index contributed by atoms with van der Waals surface area (Å²) in [5.74, 6) is 0.00292. The fraction of sp³-hybridized carbons (Fsp3) is 0.923. The summed E-state index contributed by atoms with van der Waals surface area (Å²) < 4.78 is 5.62. The van der Waals surface area contributed by atoms with E-state index < -0.39 is 5.54 Å². The van der Waals surface area contributed by atoms with Crippen LogP contribution in [-0.4, -0.2) is 30.2 Å². The van der Waals surface area contributed by atoms with Gasteiger partial charge in [0.2, 0.25) is 5.91 Å². The van der Waals surface area contributed by atoms with E-state index in [9.17, 15) is 4.79 Å². The second kappa shape index (κ2) is 5.35. The maximum atomic E-state index is 12.2. The minimum atomic E-state index is -0.761. The van der Waals surface area contributed by atoms with E-state index in [1.54, 1.807) is 0 Å². The molecular formula is C13H25ClN2O2. The van der Waals surface area contributed by atoms with Gasteiger partial charge in [-0.05, 0) is 26.2 Å². The van der Waals surface area contributed by atoms with Crippen LogP contribution in [0.4, 0.5) is 0 Å². The van der Waals surface area contributed by atoms with Gasteiger partial charge < -0.3 is 15.8 Å². The lowest BCUT2D eigenvalue weighted by atomic mass is 9.54. The van der Waals surface area contributed by atoms with E-state index in [2.05, 4.69) is 5.32 Å². The fourth-order valence-electron chi connectivity index (χ4n) is 2.69. The van der Waals surface area contributed by atoms with E-state index in [-0.39, 0.29) is 29.8 Å². The van der Waals surface area contributed by atoms with Gasteiger partial charge in [0.1, 0.15) is 5.54 Å². The predicted octanol–water partition coefficient (Wildman–Crippen LogP) is 1.61. The number of carbonyl (C=O) groups excluding carboxylic acids is 1. The first-order valence-corrected chi connectivity index (χ1v) is 6.63. The SMILES string of the molecule is CCOC1CC(N)(C(=O)NC2CCC2)C1(C)C.Cl. The second-order valence-corrected chi connectivity index (χ2v) is 5.94. The number of hydrogen-bond donors (Lipinski definition) is 2. The van der Waals surface area contributed by atoms with Crippen molar-refractivity contribution in [3.8, 4) is 0 Å². The zero-order chi connectivity index (χ0) is 12.7. The zero-order valence-electron chi connectivity index (χ0n) is 11.5. The summed E-state index contributed by atoms with van der Waals surface area (Å²) in [6.45, 7) is 6.70. The molecule has 2 rings (SSSR count). The molecule has 2 unspecified atom stereocenters. The molecule has 106 valence electrons. The van der Waals surface area contributed by atoms with Gasteiger partial charge in [0.25, 0.3) is 0 Å². The number of rotatable bonds is 4. The van der Waals surface area contributed by atoms with Gasteiger partial charge in [-0.2, -0.15) is 0 Å². The lowest BCUT2D eigenvalue weighted by molar-refractivity contribution is -0.171. The molecule has 2 fully saturated rings. The van der Waals surface area contributed by atoms with Crippen LogP contribution in [0.1, 0.15) is 46.5 Å². The van der Waals surface area contributed by atoms with Gasteiger partial charge in [-0.3, -0.25) is 4.79 Å². The van der Waals surface area contributed by atoms with Crippen LogP contribution in [0.2, 0.25) is 0 Å². The Kier molecular flexibility index (Phi) is 4.68. The van der Waals surface area contributed by atoms with Crippen LogP contribution in [0.25, 0.3) is 0 Å². The highest BCUT2D eigenvalue weighted by Crippen LogP contribution is 2.50. The summed E-state index contributed by atoms with van der Waals surface area (Å²) >= 11 is 0. The maximum absolute atomic E-state index is 12.2. The monoisotopic (exact) mass is 276 g/mol. The molecule has 0 heterocycles. The Morgan fingerprint density at radius 3 is 2.44 bits per heavy atom. The molecule has 0 aromatic heterocycles. The lowest BCUT2D eigenvalue weighted by Gasteiger charge is -2.58. The van der Waals surface area contributed by atoms with Crippen LogP contribution in [0, 0.1) is 5.41 Å². The van der Waals surface area contributed by atoms with Crippen LogP contribution in [-0.2, 0) is 9.53 Å². The van der Waals surface area contributed by atoms with Gasteiger partial charge in [-0.25, -0.2) is 0 Å². The summed E-state index contributed by atoms with van der Waals surface area (Å²) in [4.78, 5) is 12.2. The number of halogens is 1. The molecular weight excluding hydrogens is 252 g/mol. The van der Waals surface area contributed by atoms with Crippen molar-refractivity contribution in [2.45, 2.75) is 64.1 Å². The Labute approximate surface area is 115 Å². The molecule has 0 bridgehead atoms. The number of nitrogens with two attached hydrogens (primary N) is 1.